The van der Waals surface area contributed by atoms with Crippen molar-refractivity contribution in [1.29, 1.82) is 0 Å². The number of benzene rings is 2. The molecule has 8 heteroatoms. The molecular weight excluding hydrogens is 436 g/mol. The zero-order valence-electron chi connectivity index (χ0n) is 20.0. The van der Waals surface area contributed by atoms with Crippen molar-refractivity contribution in [2.24, 2.45) is 0 Å². The fourth-order valence-electron chi connectivity index (χ4n) is 4.38. The van der Waals surface area contributed by atoms with Crippen molar-refractivity contribution in [2.45, 2.75) is 26.8 Å². The van der Waals surface area contributed by atoms with Gasteiger partial charge in [0, 0.05) is 38.3 Å². The molecule has 2 aromatic carbocycles. The third-order valence-electron chi connectivity index (χ3n) is 6.25. The quantitative estimate of drug-likeness (QED) is 0.521. The van der Waals surface area contributed by atoms with Crippen LogP contribution in [0, 0.1) is 18.6 Å². The number of hydrogen-bond donors (Lipinski definition) is 0. The van der Waals surface area contributed by atoms with E-state index in [9.17, 15) is 13.6 Å². The SMILES string of the molecule is CCCN(Cc1c(C)nn(-c2cccc(F)c2)c1N1CCN(C)CC1)C(=O)c1ccccc1F. The number of anilines is 1. The summed E-state index contributed by atoms with van der Waals surface area (Å²) in [5.41, 5.74) is 2.35. The van der Waals surface area contributed by atoms with E-state index in [1.807, 2.05) is 19.9 Å². The van der Waals surface area contributed by atoms with Gasteiger partial charge in [0.05, 0.1) is 23.5 Å². The van der Waals surface area contributed by atoms with E-state index in [1.165, 1.54) is 24.3 Å². The molecule has 0 unspecified atom stereocenters. The second-order valence-electron chi connectivity index (χ2n) is 8.78. The monoisotopic (exact) mass is 467 g/mol. The summed E-state index contributed by atoms with van der Waals surface area (Å²) in [6.07, 6.45) is 0.737. The molecule has 2 heterocycles. The van der Waals surface area contributed by atoms with Gasteiger partial charge >= 0.3 is 0 Å². The molecule has 0 saturated carbocycles. The molecule has 0 atom stereocenters. The molecular formula is C26H31F2N5O. The van der Waals surface area contributed by atoms with E-state index in [0.717, 1.165) is 49.7 Å². The zero-order valence-corrected chi connectivity index (χ0v) is 20.0. The average Bonchev–Trinajstić information content (AvgIpc) is 3.15. The summed E-state index contributed by atoms with van der Waals surface area (Å²) < 4.78 is 30.3. The van der Waals surface area contributed by atoms with Gasteiger partial charge in [0.2, 0.25) is 0 Å². The summed E-state index contributed by atoms with van der Waals surface area (Å²) in [5.74, 6) is -0.347. The van der Waals surface area contributed by atoms with Gasteiger partial charge in [0.15, 0.2) is 0 Å². The van der Waals surface area contributed by atoms with Gasteiger partial charge in [0.25, 0.3) is 5.91 Å². The van der Waals surface area contributed by atoms with E-state index in [-0.39, 0.29) is 17.3 Å². The van der Waals surface area contributed by atoms with Gasteiger partial charge in [-0.1, -0.05) is 25.1 Å². The molecule has 3 aromatic rings. The lowest BCUT2D eigenvalue weighted by Crippen LogP contribution is -2.45. The Morgan fingerprint density at radius 1 is 1.06 bits per heavy atom. The molecule has 180 valence electrons. The molecule has 1 aliphatic rings. The third kappa shape index (κ3) is 4.97. The zero-order chi connectivity index (χ0) is 24.2. The van der Waals surface area contributed by atoms with Crippen LogP contribution in [-0.2, 0) is 6.54 Å². The summed E-state index contributed by atoms with van der Waals surface area (Å²) in [6.45, 7) is 8.04. The molecule has 1 fully saturated rings. The number of halogens is 2. The van der Waals surface area contributed by atoms with E-state index in [4.69, 9.17) is 5.10 Å². The van der Waals surface area contributed by atoms with E-state index in [2.05, 4.69) is 16.8 Å². The minimum atomic E-state index is -0.528. The average molecular weight is 468 g/mol. The highest BCUT2D eigenvalue weighted by molar-refractivity contribution is 5.94. The van der Waals surface area contributed by atoms with Crippen molar-refractivity contribution < 1.29 is 13.6 Å². The molecule has 0 N–H and O–H groups in total. The number of carbonyl (C=O) groups is 1. The number of nitrogens with zero attached hydrogens (tertiary/aromatic N) is 5. The Balaban J connectivity index is 1.76. The topological polar surface area (TPSA) is 44.6 Å². The first kappa shape index (κ1) is 23.9. The van der Waals surface area contributed by atoms with Crippen LogP contribution < -0.4 is 4.90 Å². The van der Waals surface area contributed by atoms with E-state index in [1.54, 1.807) is 27.8 Å². The number of likely N-dealkylation sites (N-methyl/N-ethyl adjacent to an activating group) is 1. The number of aryl methyl sites for hydroxylation is 1. The maximum atomic E-state index is 14.4. The number of piperazine rings is 1. The first-order chi connectivity index (χ1) is 16.4. The molecule has 1 amide bonds. The van der Waals surface area contributed by atoms with Crippen LogP contribution in [0.15, 0.2) is 48.5 Å². The molecule has 34 heavy (non-hydrogen) atoms. The summed E-state index contributed by atoms with van der Waals surface area (Å²) in [4.78, 5) is 19.5. The van der Waals surface area contributed by atoms with Crippen LogP contribution in [0.2, 0.25) is 0 Å². The van der Waals surface area contributed by atoms with Crippen LogP contribution in [0.1, 0.15) is 35.0 Å². The Kier molecular flexibility index (Phi) is 7.26. The van der Waals surface area contributed by atoms with Crippen LogP contribution >= 0.6 is 0 Å². The largest absolute Gasteiger partial charge is 0.354 e. The molecule has 0 bridgehead atoms. The normalized spacial score (nSPS) is 14.4. The standard InChI is InChI=1S/C26H31F2N5O/c1-4-12-32(26(34)22-10-5-6-11-24(22)28)18-23-19(2)29-33(21-9-7-8-20(27)17-21)25(23)31-15-13-30(3)14-16-31/h5-11,17H,4,12-16,18H2,1-3H3. The summed E-state index contributed by atoms with van der Waals surface area (Å²) in [7, 11) is 2.09. The Morgan fingerprint density at radius 3 is 2.47 bits per heavy atom. The van der Waals surface area contributed by atoms with Crippen LogP contribution in [0.4, 0.5) is 14.6 Å². The smallest absolute Gasteiger partial charge is 0.257 e. The summed E-state index contributed by atoms with van der Waals surface area (Å²) in [5, 5.41) is 4.76. The molecule has 1 saturated heterocycles. The van der Waals surface area contributed by atoms with Gasteiger partial charge in [-0.05, 0) is 50.7 Å². The van der Waals surface area contributed by atoms with Gasteiger partial charge < -0.3 is 14.7 Å². The lowest BCUT2D eigenvalue weighted by atomic mass is 10.1. The Morgan fingerprint density at radius 2 is 1.79 bits per heavy atom. The molecule has 0 radical (unpaired) electrons. The highest BCUT2D eigenvalue weighted by atomic mass is 19.1. The Labute approximate surface area is 199 Å². The van der Waals surface area contributed by atoms with Crippen molar-refractivity contribution >= 4 is 11.7 Å². The van der Waals surface area contributed by atoms with Crippen LogP contribution in [0.3, 0.4) is 0 Å². The van der Waals surface area contributed by atoms with Crippen LogP contribution in [0.5, 0.6) is 0 Å². The second-order valence-corrected chi connectivity index (χ2v) is 8.78. The van der Waals surface area contributed by atoms with Crippen molar-refractivity contribution in [3.63, 3.8) is 0 Å². The van der Waals surface area contributed by atoms with Crippen molar-refractivity contribution in [3.8, 4) is 5.69 Å². The maximum Gasteiger partial charge on any atom is 0.257 e. The van der Waals surface area contributed by atoms with Crippen molar-refractivity contribution in [3.05, 3.63) is 77.0 Å². The summed E-state index contributed by atoms with van der Waals surface area (Å²) >= 11 is 0. The molecule has 0 spiro atoms. The first-order valence-corrected chi connectivity index (χ1v) is 11.7. The molecule has 6 nitrogen and oxygen atoms in total. The van der Waals surface area contributed by atoms with Gasteiger partial charge in [-0.25, -0.2) is 13.5 Å². The number of hydrogen-bond acceptors (Lipinski definition) is 4. The predicted octanol–water partition coefficient (Wildman–Crippen LogP) is 4.26. The number of amides is 1. The molecule has 1 aliphatic heterocycles. The highest BCUT2D eigenvalue weighted by Gasteiger charge is 2.28. The van der Waals surface area contributed by atoms with E-state index >= 15 is 0 Å². The van der Waals surface area contributed by atoms with E-state index in [0.29, 0.717) is 18.8 Å². The number of aromatic nitrogens is 2. The minimum Gasteiger partial charge on any atom is -0.354 e. The minimum absolute atomic E-state index is 0.0623. The van der Waals surface area contributed by atoms with Gasteiger partial charge in [-0.2, -0.15) is 5.10 Å². The Hall–Kier alpha value is -3.26. The van der Waals surface area contributed by atoms with Crippen molar-refractivity contribution in [2.75, 3.05) is 44.7 Å². The predicted molar refractivity (Wildman–Crippen MR) is 129 cm³/mol. The molecule has 0 aliphatic carbocycles. The van der Waals surface area contributed by atoms with Crippen LogP contribution in [-0.4, -0.2) is 65.3 Å². The molecule has 4 rings (SSSR count). The van der Waals surface area contributed by atoms with Gasteiger partial charge in [0.1, 0.15) is 17.5 Å². The van der Waals surface area contributed by atoms with E-state index < -0.39 is 5.82 Å². The number of carbonyl (C=O) groups excluding carboxylic acids is 1. The number of rotatable bonds is 7. The summed E-state index contributed by atoms with van der Waals surface area (Å²) in [6, 6.07) is 12.4. The highest BCUT2D eigenvalue weighted by Crippen LogP contribution is 2.30. The maximum absolute atomic E-state index is 14.4. The van der Waals surface area contributed by atoms with Crippen LogP contribution in [0.25, 0.3) is 5.69 Å². The second kappa shape index (κ2) is 10.3. The van der Waals surface area contributed by atoms with Gasteiger partial charge in [-0.15, -0.1) is 0 Å². The lowest BCUT2D eigenvalue weighted by Gasteiger charge is -2.35. The third-order valence-corrected chi connectivity index (χ3v) is 6.25. The first-order valence-electron chi connectivity index (χ1n) is 11.7. The Bertz CT molecular complexity index is 1150. The molecule has 1 aromatic heterocycles. The fourth-order valence-corrected chi connectivity index (χ4v) is 4.38. The van der Waals surface area contributed by atoms with Gasteiger partial charge in [-0.3, -0.25) is 4.79 Å². The van der Waals surface area contributed by atoms with Crippen molar-refractivity contribution in [1.82, 2.24) is 19.6 Å². The fraction of sp³-hybridized carbons (Fsp3) is 0.385. The lowest BCUT2D eigenvalue weighted by molar-refractivity contribution is 0.0738.